The van der Waals surface area contributed by atoms with Gasteiger partial charge < -0.3 is 5.11 Å². The zero-order valence-corrected chi connectivity index (χ0v) is 9.87. The van der Waals surface area contributed by atoms with Crippen LogP contribution in [0.25, 0.3) is 0 Å². The Kier molecular flexibility index (Phi) is 2.75. The molecule has 16 heavy (non-hydrogen) atoms. The van der Waals surface area contributed by atoms with Crippen LogP contribution >= 0.6 is 11.8 Å². The maximum absolute atomic E-state index is 12.0. The smallest absolute Gasteiger partial charge is 0.305 e. The second-order valence-electron chi connectivity index (χ2n) is 3.84. The lowest BCUT2D eigenvalue weighted by Crippen LogP contribution is -2.28. The van der Waals surface area contributed by atoms with Crippen LogP contribution in [0.3, 0.4) is 0 Å². The lowest BCUT2D eigenvalue weighted by molar-refractivity contribution is -0.137. The molecular formula is C10H12N2O3S. The van der Waals surface area contributed by atoms with E-state index < -0.39 is 5.97 Å². The molecule has 86 valence electrons. The number of nitrogens with zero attached hydrogens (tertiary/aromatic N) is 2. The topological polar surface area (TPSA) is 72.2 Å². The molecule has 6 heteroatoms. The van der Waals surface area contributed by atoms with Crippen molar-refractivity contribution in [1.29, 1.82) is 0 Å². The summed E-state index contributed by atoms with van der Waals surface area (Å²) in [4.78, 5) is 27.0. The van der Waals surface area contributed by atoms with Crippen molar-refractivity contribution in [3.05, 3.63) is 21.6 Å². The molecule has 1 aliphatic heterocycles. The Morgan fingerprint density at radius 1 is 1.62 bits per heavy atom. The Labute approximate surface area is 96.5 Å². The first kappa shape index (κ1) is 11.2. The van der Waals surface area contributed by atoms with Gasteiger partial charge in [-0.1, -0.05) is 11.8 Å². The number of thioether (sulfide) groups is 1. The Balaban J connectivity index is 2.50. The van der Waals surface area contributed by atoms with Gasteiger partial charge in [-0.2, -0.15) is 0 Å². The molecular weight excluding hydrogens is 228 g/mol. The normalized spacial score (nSPS) is 18.5. The molecule has 0 bridgehead atoms. The van der Waals surface area contributed by atoms with Crippen molar-refractivity contribution in [2.45, 2.75) is 31.5 Å². The highest BCUT2D eigenvalue weighted by Gasteiger charge is 2.28. The van der Waals surface area contributed by atoms with Gasteiger partial charge in [-0.15, -0.1) is 0 Å². The molecule has 0 amide bonds. The van der Waals surface area contributed by atoms with E-state index in [1.165, 1.54) is 16.3 Å². The average Bonchev–Trinajstić information content (AvgIpc) is 2.57. The number of aromatic nitrogens is 2. The van der Waals surface area contributed by atoms with Crippen molar-refractivity contribution in [3.8, 4) is 0 Å². The van der Waals surface area contributed by atoms with Gasteiger partial charge in [0.15, 0.2) is 5.16 Å². The van der Waals surface area contributed by atoms with Gasteiger partial charge in [-0.3, -0.25) is 14.2 Å². The summed E-state index contributed by atoms with van der Waals surface area (Å²) in [5.74, 6) is -0.277. The van der Waals surface area contributed by atoms with Gasteiger partial charge in [0, 0.05) is 17.0 Å². The maximum atomic E-state index is 12.0. The highest BCUT2D eigenvalue weighted by Crippen LogP contribution is 2.32. The summed E-state index contributed by atoms with van der Waals surface area (Å²) in [6.45, 7) is 3.52. The molecule has 0 radical (unpaired) electrons. The van der Waals surface area contributed by atoms with Crippen molar-refractivity contribution >= 4 is 17.7 Å². The summed E-state index contributed by atoms with van der Waals surface area (Å²) in [5, 5.41) is 9.41. The molecule has 1 aromatic rings. The van der Waals surface area contributed by atoms with Gasteiger partial charge in [-0.05, 0) is 13.8 Å². The summed E-state index contributed by atoms with van der Waals surface area (Å²) >= 11 is 1.44. The Morgan fingerprint density at radius 3 is 2.94 bits per heavy atom. The van der Waals surface area contributed by atoms with E-state index in [0.717, 1.165) is 5.69 Å². The predicted molar refractivity (Wildman–Crippen MR) is 60.0 cm³/mol. The van der Waals surface area contributed by atoms with Crippen molar-refractivity contribution in [2.24, 2.45) is 0 Å². The highest BCUT2D eigenvalue weighted by atomic mass is 32.2. The van der Waals surface area contributed by atoms with Crippen LogP contribution in [0.5, 0.6) is 0 Å². The summed E-state index contributed by atoms with van der Waals surface area (Å²) in [5.41, 5.74) is 1.21. The van der Waals surface area contributed by atoms with Crippen molar-refractivity contribution in [2.75, 3.05) is 5.75 Å². The van der Waals surface area contributed by atoms with Crippen LogP contribution in [0.15, 0.2) is 9.95 Å². The minimum absolute atomic E-state index is 0.0237. The van der Waals surface area contributed by atoms with Gasteiger partial charge >= 0.3 is 5.97 Å². The molecule has 0 aliphatic carbocycles. The van der Waals surface area contributed by atoms with E-state index in [2.05, 4.69) is 4.98 Å². The number of aryl methyl sites for hydroxylation is 1. The minimum atomic E-state index is -0.886. The first-order valence-corrected chi connectivity index (χ1v) is 5.93. The third-order valence-corrected chi connectivity index (χ3v) is 3.83. The highest BCUT2D eigenvalue weighted by molar-refractivity contribution is 7.99. The molecule has 1 unspecified atom stereocenters. The first-order valence-electron chi connectivity index (χ1n) is 4.95. The molecule has 1 aliphatic rings. The van der Waals surface area contributed by atoms with Crippen molar-refractivity contribution < 1.29 is 9.90 Å². The molecule has 1 atom stereocenters. The summed E-state index contributed by atoms with van der Waals surface area (Å²) in [6, 6.07) is -0.267. The van der Waals surface area contributed by atoms with Crippen LogP contribution in [-0.4, -0.2) is 26.4 Å². The number of hydrogen-bond acceptors (Lipinski definition) is 4. The van der Waals surface area contributed by atoms with Gasteiger partial charge in [0.05, 0.1) is 12.5 Å². The van der Waals surface area contributed by atoms with Crippen molar-refractivity contribution in [3.63, 3.8) is 0 Å². The van der Waals surface area contributed by atoms with E-state index in [1.54, 1.807) is 13.8 Å². The van der Waals surface area contributed by atoms with Crippen molar-refractivity contribution in [1.82, 2.24) is 9.55 Å². The number of hydrogen-bond donors (Lipinski definition) is 1. The Morgan fingerprint density at radius 2 is 2.31 bits per heavy atom. The lowest BCUT2D eigenvalue weighted by atomic mass is 10.2. The molecule has 2 heterocycles. The molecule has 0 fully saturated rings. The van der Waals surface area contributed by atoms with E-state index in [-0.39, 0.29) is 18.0 Å². The minimum Gasteiger partial charge on any atom is -0.481 e. The van der Waals surface area contributed by atoms with Crippen LogP contribution < -0.4 is 5.56 Å². The van der Waals surface area contributed by atoms with E-state index >= 15 is 0 Å². The predicted octanol–water partition coefficient (Wildman–Crippen LogP) is 0.982. The standard InChI is InChI=1S/C10H12N2O3S/c1-5-6(2)11-10-12(9(5)15)7(4-16-10)3-8(13)14/h7H,3-4H2,1-2H3,(H,13,14). The van der Waals surface area contributed by atoms with E-state index in [9.17, 15) is 9.59 Å². The molecule has 0 aromatic carbocycles. The maximum Gasteiger partial charge on any atom is 0.305 e. The first-order chi connectivity index (χ1) is 7.50. The number of carboxylic acids is 1. The van der Waals surface area contributed by atoms with Gasteiger partial charge in [0.2, 0.25) is 0 Å². The van der Waals surface area contributed by atoms with Gasteiger partial charge in [0.1, 0.15) is 0 Å². The largest absolute Gasteiger partial charge is 0.481 e. The quantitative estimate of drug-likeness (QED) is 0.780. The fourth-order valence-corrected chi connectivity index (χ4v) is 2.91. The van der Waals surface area contributed by atoms with Crippen LogP contribution in [0.2, 0.25) is 0 Å². The van der Waals surface area contributed by atoms with Gasteiger partial charge in [-0.25, -0.2) is 4.98 Å². The number of carboxylic acid groups (broad SMARTS) is 1. The molecule has 0 saturated heterocycles. The molecule has 2 rings (SSSR count). The lowest BCUT2D eigenvalue weighted by Gasteiger charge is -2.12. The third-order valence-electron chi connectivity index (χ3n) is 2.73. The zero-order chi connectivity index (χ0) is 11.9. The van der Waals surface area contributed by atoms with E-state index in [4.69, 9.17) is 5.11 Å². The average molecular weight is 240 g/mol. The molecule has 0 spiro atoms. The molecule has 5 nitrogen and oxygen atoms in total. The monoisotopic (exact) mass is 240 g/mol. The number of fused-ring (bicyclic) bond motifs is 1. The fourth-order valence-electron chi connectivity index (χ4n) is 1.72. The van der Waals surface area contributed by atoms with Gasteiger partial charge in [0.25, 0.3) is 5.56 Å². The van der Waals surface area contributed by atoms with Crippen LogP contribution in [0.1, 0.15) is 23.7 Å². The molecule has 1 aromatic heterocycles. The van der Waals surface area contributed by atoms with E-state index in [1.807, 2.05) is 0 Å². The van der Waals surface area contributed by atoms with Crippen LogP contribution in [-0.2, 0) is 4.79 Å². The SMILES string of the molecule is Cc1nc2n(c(=O)c1C)C(CC(=O)O)CS2. The number of aliphatic carboxylic acids is 1. The number of carbonyl (C=O) groups is 1. The fraction of sp³-hybridized carbons (Fsp3) is 0.500. The zero-order valence-electron chi connectivity index (χ0n) is 9.06. The second-order valence-corrected chi connectivity index (χ2v) is 4.83. The van der Waals surface area contributed by atoms with Crippen LogP contribution in [0, 0.1) is 13.8 Å². The summed E-state index contributed by atoms with van der Waals surface area (Å²) in [6.07, 6.45) is -0.0237. The Bertz CT molecular complexity index is 510. The third kappa shape index (κ3) is 1.73. The van der Waals surface area contributed by atoms with E-state index in [0.29, 0.717) is 16.5 Å². The van der Waals surface area contributed by atoms with Crippen LogP contribution in [0.4, 0.5) is 0 Å². The summed E-state index contributed by atoms with van der Waals surface area (Å²) < 4.78 is 1.52. The second kappa shape index (κ2) is 3.93. The number of rotatable bonds is 2. The summed E-state index contributed by atoms with van der Waals surface area (Å²) in [7, 11) is 0. The molecule has 0 saturated carbocycles. The Hall–Kier alpha value is -1.30. The molecule has 1 N–H and O–H groups in total.